The number of methoxy groups -OCH3 is 1. The SMILES string of the molecule is CCCCN(C)S(=O)(=O)NCC1(c2ccccc2OC)CCOCC1. The van der Waals surface area contributed by atoms with Crippen LogP contribution in [-0.2, 0) is 20.4 Å². The number of rotatable bonds is 9. The van der Waals surface area contributed by atoms with Crippen LogP contribution in [0.25, 0.3) is 0 Å². The zero-order chi connectivity index (χ0) is 18.3. The fourth-order valence-electron chi connectivity index (χ4n) is 3.23. The van der Waals surface area contributed by atoms with E-state index in [0.29, 0.717) is 26.3 Å². The van der Waals surface area contributed by atoms with Crippen molar-refractivity contribution in [2.75, 3.05) is 40.5 Å². The van der Waals surface area contributed by atoms with E-state index in [4.69, 9.17) is 9.47 Å². The van der Waals surface area contributed by atoms with Gasteiger partial charge in [0.2, 0.25) is 0 Å². The Kier molecular flexibility index (Phi) is 7.25. The number of benzene rings is 1. The summed E-state index contributed by atoms with van der Waals surface area (Å²) in [6, 6.07) is 7.85. The number of para-hydroxylation sites is 1. The minimum atomic E-state index is -3.50. The summed E-state index contributed by atoms with van der Waals surface area (Å²) >= 11 is 0. The van der Waals surface area contributed by atoms with Crippen molar-refractivity contribution in [3.05, 3.63) is 29.8 Å². The van der Waals surface area contributed by atoms with Gasteiger partial charge in [-0.25, -0.2) is 4.72 Å². The molecule has 6 nitrogen and oxygen atoms in total. The van der Waals surface area contributed by atoms with Crippen molar-refractivity contribution in [2.45, 2.75) is 38.0 Å². The molecule has 1 aromatic rings. The Bertz CT molecular complexity index is 642. The van der Waals surface area contributed by atoms with E-state index in [1.165, 1.54) is 4.31 Å². The van der Waals surface area contributed by atoms with Crippen molar-refractivity contribution in [3.8, 4) is 5.75 Å². The van der Waals surface area contributed by atoms with Gasteiger partial charge in [-0.1, -0.05) is 31.5 Å². The average molecular weight is 371 g/mol. The molecule has 0 bridgehead atoms. The molecule has 0 unspecified atom stereocenters. The van der Waals surface area contributed by atoms with E-state index in [2.05, 4.69) is 4.72 Å². The normalized spacial score (nSPS) is 17.6. The van der Waals surface area contributed by atoms with Gasteiger partial charge in [0.05, 0.1) is 7.11 Å². The van der Waals surface area contributed by atoms with Crippen LogP contribution >= 0.6 is 0 Å². The molecule has 1 aromatic carbocycles. The van der Waals surface area contributed by atoms with E-state index >= 15 is 0 Å². The third-order valence-electron chi connectivity index (χ3n) is 4.96. The van der Waals surface area contributed by atoms with Crippen LogP contribution in [0.5, 0.6) is 5.75 Å². The van der Waals surface area contributed by atoms with Crippen molar-refractivity contribution in [2.24, 2.45) is 0 Å². The molecule has 142 valence electrons. The summed E-state index contributed by atoms with van der Waals surface area (Å²) in [5.74, 6) is 0.794. The quantitative estimate of drug-likeness (QED) is 0.724. The maximum Gasteiger partial charge on any atom is 0.279 e. The highest BCUT2D eigenvalue weighted by molar-refractivity contribution is 7.87. The summed E-state index contributed by atoms with van der Waals surface area (Å²) in [5, 5.41) is 0. The number of ether oxygens (including phenoxy) is 2. The Morgan fingerprint density at radius 2 is 1.96 bits per heavy atom. The molecule has 1 aliphatic rings. The topological polar surface area (TPSA) is 67.9 Å². The zero-order valence-corrected chi connectivity index (χ0v) is 16.3. The molecule has 0 saturated carbocycles. The van der Waals surface area contributed by atoms with Crippen molar-refractivity contribution in [1.82, 2.24) is 9.03 Å². The lowest BCUT2D eigenvalue weighted by molar-refractivity contribution is 0.0507. The first-order valence-electron chi connectivity index (χ1n) is 8.87. The van der Waals surface area contributed by atoms with Gasteiger partial charge in [-0.3, -0.25) is 0 Å². The molecule has 1 N–H and O–H groups in total. The van der Waals surface area contributed by atoms with Crippen LogP contribution < -0.4 is 9.46 Å². The molecule has 7 heteroatoms. The van der Waals surface area contributed by atoms with Crippen LogP contribution in [-0.4, -0.2) is 53.2 Å². The van der Waals surface area contributed by atoms with E-state index in [1.807, 2.05) is 31.2 Å². The molecule has 1 fully saturated rings. The Balaban J connectivity index is 2.21. The second-order valence-corrected chi connectivity index (χ2v) is 8.46. The number of unbranched alkanes of at least 4 members (excludes halogenated alkanes) is 1. The molecular weight excluding hydrogens is 340 g/mol. The van der Waals surface area contributed by atoms with Gasteiger partial charge in [0, 0.05) is 44.3 Å². The second kappa shape index (κ2) is 8.98. The lowest BCUT2D eigenvalue weighted by Crippen LogP contribution is -2.48. The maximum absolute atomic E-state index is 12.6. The highest BCUT2D eigenvalue weighted by atomic mass is 32.2. The van der Waals surface area contributed by atoms with Gasteiger partial charge in [0.15, 0.2) is 0 Å². The Hall–Kier alpha value is -1.15. The number of hydrogen-bond acceptors (Lipinski definition) is 4. The third-order valence-corrected chi connectivity index (χ3v) is 6.47. The van der Waals surface area contributed by atoms with E-state index in [-0.39, 0.29) is 5.41 Å². The van der Waals surface area contributed by atoms with E-state index in [1.54, 1.807) is 14.2 Å². The fraction of sp³-hybridized carbons (Fsp3) is 0.667. The highest BCUT2D eigenvalue weighted by Gasteiger charge is 2.38. The molecule has 0 aliphatic carbocycles. The van der Waals surface area contributed by atoms with Crippen LogP contribution in [0.3, 0.4) is 0 Å². The smallest absolute Gasteiger partial charge is 0.279 e. The average Bonchev–Trinajstić information content (AvgIpc) is 2.65. The summed E-state index contributed by atoms with van der Waals surface area (Å²) in [4.78, 5) is 0. The fourth-order valence-corrected chi connectivity index (χ4v) is 4.28. The molecule has 0 atom stereocenters. The summed E-state index contributed by atoms with van der Waals surface area (Å²) in [6.45, 7) is 4.15. The van der Waals surface area contributed by atoms with E-state index in [0.717, 1.165) is 37.0 Å². The van der Waals surface area contributed by atoms with Gasteiger partial charge in [-0.15, -0.1) is 0 Å². The standard InChI is InChI=1S/C18H30N2O4S/c1-4-5-12-20(2)25(21,22)19-15-18(10-13-24-14-11-18)16-8-6-7-9-17(16)23-3/h6-9,19H,4-5,10-15H2,1-3H3. The van der Waals surface area contributed by atoms with Crippen molar-refractivity contribution in [1.29, 1.82) is 0 Å². The summed E-state index contributed by atoms with van der Waals surface area (Å²) < 4.78 is 40.4. The lowest BCUT2D eigenvalue weighted by Gasteiger charge is -2.38. The first kappa shape index (κ1) is 20.2. The molecule has 1 aliphatic heterocycles. The Labute approximate surface area is 151 Å². The monoisotopic (exact) mass is 370 g/mol. The van der Waals surface area contributed by atoms with Gasteiger partial charge in [0.25, 0.3) is 10.2 Å². The molecule has 25 heavy (non-hydrogen) atoms. The molecule has 1 heterocycles. The van der Waals surface area contributed by atoms with E-state index in [9.17, 15) is 8.42 Å². The summed E-state index contributed by atoms with van der Waals surface area (Å²) in [7, 11) is -0.226. The number of nitrogens with one attached hydrogen (secondary N) is 1. The van der Waals surface area contributed by atoms with Crippen molar-refractivity contribution in [3.63, 3.8) is 0 Å². The Morgan fingerprint density at radius 3 is 2.60 bits per heavy atom. The third kappa shape index (κ3) is 4.94. The minimum Gasteiger partial charge on any atom is -0.496 e. The number of hydrogen-bond donors (Lipinski definition) is 1. The van der Waals surface area contributed by atoms with Gasteiger partial charge in [-0.2, -0.15) is 12.7 Å². The van der Waals surface area contributed by atoms with Gasteiger partial charge in [-0.05, 0) is 25.3 Å². The molecule has 2 rings (SSSR count). The van der Waals surface area contributed by atoms with Crippen LogP contribution in [0.4, 0.5) is 0 Å². The summed E-state index contributed by atoms with van der Waals surface area (Å²) in [5.41, 5.74) is 0.725. The van der Waals surface area contributed by atoms with Gasteiger partial charge >= 0.3 is 0 Å². The van der Waals surface area contributed by atoms with Crippen LogP contribution in [0.15, 0.2) is 24.3 Å². The molecular formula is C18H30N2O4S. The second-order valence-electron chi connectivity index (χ2n) is 6.59. The molecule has 0 amide bonds. The summed E-state index contributed by atoms with van der Waals surface area (Å²) in [6.07, 6.45) is 3.33. The molecule has 0 radical (unpaired) electrons. The first-order chi connectivity index (χ1) is 11.9. The predicted molar refractivity (Wildman–Crippen MR) is 99.2 cm³/mol. The Morgan fingerprint density at radius 1 is 1.28 bits per heavy atom. The van der Waals surface area contributed by atoms with Crippen LogP contribution in [0, 0.1) is 0 Å². The van der Waals surface area contributed by atoms with E-state index < -0.39 is 10.2 Å². The predicted octanol–water partition coefficient (Wildman–Crippen LogP) is 2.31. The lowest BCUT2D eigenvalue weighted by atomic mass is 9.74. The van der Waals surface area contributed by atoms with Crippen LogP contribution in [0.2, 0.25) is 0 Å². The van der Waals surface area contributed by atoms with Crippen molar-refractivity contribution < 1.29 is 17.9 Å². The van der Waals surface area contributed by atoms with Crippen LogP contribution in [0.1, 0.15) is 38.2 Å². The zero-order valence-electron chi connectivity index (χ0n) is 15.5. The number of nitrogens with zero attached hydrogens (tertiary/aromatic N) is 1. The van der Waals surface area contributed by atoms with Crippen molar-refractivity contribution >= 4 is 10.2 Å². The molecule has 1 saturated heterocycles. The first-order valence-corrected chi connectivity index (χ1v) is 10.3. The molecule has 0 aromatic heterocycles. The largest absolute Gasteiger partial charge is 0.496 e. The minimum absolute atomic E-state index is 0.316. The highest BCUT2D eigenvalue weighted by Crippen LogP contribution is 2.39. The van der Waals surface area contributed by atoms with Gasteiger partial charge < -0.3 is 9.47 Å². The van der Waals surface area contributed by atoms with Gasteiger partial charge in [0.1, 0.15) is 5.75 Å². The maximum atomic E-state index is 12.6. The molecule has 0 spiro atoms.